The molecule has 1 saturated heterocycles. The fourth-order valence-corrected chi connectivity index (χ4v) is 3.85. The summed E-state index contributed by atoms with van der Waals surface area (Å²) in [4.78, 5) is 26.0. The highest BCUT2D eigenvalue weighted by molar-refractivity contribution is 6.05. The molecule has 0 aliphatic carbocycles. The fraction of sp³-hybridized carbons (Fsp3) is 0.360. The van der Waals surface area contributed by atoms with Gasteiger partial charge >= 0.3 is 6.09 Å². The molecule has 7 nitrogen and oxygen atoms in total. The summed E-state index contributed by atoms with van der Waals surface area (Å²) in [6.07, 6.45) is 4.31. The van der Waals surface area contributed by atoms with Gasteiger partial charge in [0.05, 0.1) is 11.3 Å². The van der Waals surface area contributed by atoms with E-state index in [9.17, 15) is 14.7 Å². The number of para-hydroxylation sites is 2. The number of primary amides is 1. The van der Waals surface area contributed by atoms with E-state index in [1.165, 1.54) is 5.57 Å². The molecule has 0 bridgehead atoms. The molecule has 3 rings (SSSR count). The Balaban J connectivity index is 1.63. The van der Waals surface area contributed by atoms with E-state index in [-0.39, 0.29) is 11.7 Å². The molecule has 2 aromatic rings. The predicted octanol–water partition coefficient (Wildman–Crippen LogP) is 4.04. The highest BCUT2D eigenvalue weighted by atomic mass is 16.5. The van der Waals surface area contributed by atoms with E-state index in [1.54, 1.807) is 36.4 Å². The third-order valence-electron chi connectivity index (χ3n) is 5.22. The Labute approximate surface area is 188 Å². The van der Waals surface area contributed by atoms with Gasteiger partial charge in [-0.3, -0.25) is 4.79 Å². The molecule has 0 saturated carbocycles. The first-order valence-corrected chi connectivity index (χ1v) is 10.8. The number of amides is 2. The van der Waals surface area contributed by atoms with Crippen molar-refractivity contribution >= 4 is 23.8 Å². The van der Waals surface area contributed by atoms with Gasteiger partial charge in [-0.25, -0.2) is 4.79 Å². The lowest BCUT2D eigenvalue weighted by molar-refractivity contribution is 0.0376. The highest BCUT2D eigenvalue weighted by Crippen LogP contribution is 2.25. The minimum atomic E-state index is -0.939. The van der Waals surface area contributed by atoms with Gasteiger partial charge in [0, 0.05) is 18.7 Å². The Morgan fingerprint density at radius 2 is 1.84 bits per heavy atom. The van der Waals surface area contributed by atoms with Gasteiger partial charge in [-0.2, -0.15) is 0 Å². The van der Waals surface area contributed by atoms with E-state index in [0.717, 1.165) is 37.9 Å². The first-order valence-electron chi connectivity index (χ1n) is 10.8. The molecule has 32 heavy (non-hydrogen) atoms. The average molecular weight is 438 g/mol. The summed E-state index contributed by atoms with van der Waals surface area (Å²) < 4.78 is 4.93. The number of rotatable bonds is 6. The number of likely N-dealkylation sites (tertiary alicyclic amines) is 1. The van der Waals surface area contributed by atoms with Crippen LogP contribution < -0.4 is 15.8 Å². The Morgan fingerprint density at radius 3 is 2.53 bits per heavy atom. The Bertz CT molecular complexity index is 977. The van der Waals surface area contributed by atoms with Crippen LogP contribution in [0.2, 0.25) is 0 Å². The van der Waals surface area contributed by atoms with Crippen molar-refractivity contribution in [1.29, 1.82) is 0 Å². The average Bonchev–Trinajstić information content (AvgIpc) is 2.93. The number of nitrogens with zero attached hydrogens (tertiary/aromatic N) is 1. The number of nitrogens with one attached hydrogen (secondary N) is 1. The van der Waals surface area contributed by atoms with Crippen LogP contribution in [0, 0.1) is 0 Å². The number of benzene rings is 2. The van der Waals surface area contributed by atoms with Crippen LogP contribution in [-0.2, 0) is 0 Å². The molecule has 1 aliphatic rings. The Hall–Kier alpha value is -3.16. The monoisotopic (exact) mass is 437 g/mol. The van der Waals surface area contributed by atoms with Crippen LogP contribution in [0.3, 0.4) is 0 Å². The topological polar surface area (TPSA) is 105 Å². The van der Waals surface area contributed by atoms with Gasteiger partial charge in [0.1, 0.15) is 0 Å². The maximum atomic E-state index is 12.6. The van der Waals surface area contributed by atoms with Crippen LogP contribution in [0.15, 0.2) is 54.1 Å². The molecular weight excluding hydrogens is 406 g/mol. The van der Waals surface area contributed by atoms with Crippen LogP contribution in [-0.4, -0.2) is 47.2 Å². The zero-order chi connectivity index (χ0) is 23.1. The molecule has 1 fully saturated rings. The van der Waals surface area contributed by atoms with Gasteiger partial charge in [0.15, 0.2) is 5.75 Å². The maximum absolute atomic E-state index is 12.6. The number of hydrogen-bond donors (Lipinski definition) is 3. The second-order valence-electron chi connectivity index (χ2n) is 8.74. The van der Waals surface area contributed by atoms with E-state index < -0.39 is 11.7 Å². The number of aliphatic hydroxyl groups is 1. The molecule has 0 radical (unpaired) electrons. The molecule has 170 valence electrons. The molecular formula is C25H31N3O4. The number of nitrogens with two attached hydrogens (primary N) is 1. The number of ether oxygens (including phenoxy) is 1. The number of carbonyl (C=O) groups is 2. The largest absolute Gasteiger partial charge is 0.410 e. The summed E-state index contributed by atoms with van der Waals surface area (Å²) >= 11 is 0. The van der Waals surface area contributed by atoms with Crippen LogP contribution in [0.1, 0.15) is 49.0 Å². The Kier molecular flexibility index (Phi) is 7.66. The van der Waals surface area contributed by atoms with Crippen molar-refractivity contribution in [3.63, 3.8) is 0 Å². The van der Waals surface area contributed by atoms with E-state index in [2.05, 4.69) is 16.3 Å². The summed E-state index contributed by atoms with van der Waals surface area (Å²) in [7, 11) is 0. The van der Waals surface area contributed by atoms with Crippen LogP contribution in [0.5, 0.6) is 5.75 Å². The van der Waals surface area contributed by atoms with Crippen molar-refractivity contribution in [2.24, 2.45) is 5.73 Å². The molecule has 1 aliphatic heterocycles. The summed E-state index contributed by atoms with van der Waals surface area (Å²) in [5.74, 6) is -0.108. The predicted molar refractivity (Wildman–Crippen MR) is 126 cm³/mol. The molecule has 2 amide bonds. The zero-order valence-corrected chi connectivity index (χ0v) is 18.6. The van der Waals surface area contributed by atoms with Crippen molar-refractivity contribution < 1.29 is 19.4 Å². The third-order valence-corrected chi connectivity index (χ3v) is 5.22. The summed E-state index contributed by atoms with van der Waals surface area (Å²) in [5.41, 5.74) is 7.69. The lowest BCUT2D eigenvalue weighted by atomic mass is 10.0. The second-order valence-corrected chi connectivity index (χ2v) is 8.74. The lowest BCUT2D eigenvalue weighted by Crippen LogP contribution is -2.39. The highest BCUT2D eigenvalue weighted by Gasteiger charge is 2.20. The van der Waals surface area contributed by atoms with Gasteiger partial charge in [0.2, 0.25) is 0 Å². The molecule has 0 unspecified atom stereocenters. The molecule has 0 aromatic heterocycles. The van der Waals surface area contributed by atoms with Crippen molar-refractivity contribution in [3.8, 4) is 5.75 Å². The number of hydrogen-bond acceptors (Lipinski definition) is 5. The summed E-state index contributed by atoms with van der Waals surface area (Å²) in [5, 5.41) is 12.8. The number of β-amino-alcohol motifs (C(OH)–C–C–N with tert-alkyl or cyclic N) is 1. The summed E-state index contributed by atoms with van der Waals surface area (Å²) in [6.45, 7) is 6.29. The fourth-order valence-electron chi connectivity index (χ4n) is 3.85. The molecule has 0 spiro atoms. The van der Waals surface area contributed by atoms with E-state index in [4.69, 9.17) is 10.5 Å². The van der Waals surface area contributed by atoms with Gasteiger partial charge in [-0.1, -0.05) is 35.9 Å². The lowest BCUT2D eigenvalue weighted by Gasteiger charge is -2.27. The smallest absolute Gasteiger partial charge is 0.408 e. The molecule has 2 aromatic carbocycles. The minimum Gasteiger partial charge on any atom is -0.408 e. The van der Waals surface area contributed by atoms with E-state index >= 15 is 0 Å². The Morgan fingerprint density at radius 1 is 1.12 bits per heavy atom. The maximum Gasteiger partial charge on any atom is 0.410 e. The van der Waals surface area contributed by atoms with E-state index in [1.807, 2.05) is 26.0 Å². The zero-order valence-electron chi connectivity index (χ0n) is 18.6. The third kappa shape index (κ3) is 7.21. The van der Waals surface area contributed by atoms with Crippen LogP contribution in [0.25, 0.3) is 6.08 Å². The standard InChI is InChI=1S/C25H31N3O4/c1-25(2,31)17-28-14-5-6-18(13-15-28)16-19-9-11-20(12-10-19)23(29)27-21-7-3-4-8-22(21)32-24(26)30/h3-4,7-12,16,31H,5-6,13-15,17H2,1-2H3,(H2,26,30)(H,27,29). The van der Waals surface area contributed by atoms with Crippen molar-refractivity contribution in [2.75, 3.05) is 25.0 Å². The van der Waals surface area contributed by atoms with Gasteiger partial charge < -0.3 is 25.8 Å². The molecule has 0 atom stereocenters. The number of carbonyl (C=O) groups excluding carboxylic acids is 2. The number of anilines is 1. The van der Waals surface area contributed by atoms with Gasteiger partial charge in [0.25, 0.3) is 5.91 Å². The normalized spacial score (nSPS) is 16.4. The summed E-state index contributed by atoms with van der Waals surface area (Å²) in [6, 6.07) is 14.0. The first-order chi connectivity index (χ1) is 15.2. The van der Waals surface area contributed by atoms with E-state index in [0.29, 0.717) is 17.8 Å². The van der Waals surface area contributed by atoms with Crippen molar-refractivity contribution in [3.05, 3.63) is 65.2 Å². The minimum absolute atomic E-state index is 0.196. The quantitative estimate of drug-likeness (QED) is 0.633. The van der Waals surface area contributed by atoms with Gasteiger partial charge in [-0.15, -0.1) is 0 Å². The first kappa shape index (κ1) is 23.5. The van der Waals surface area contributed by atoms with Crippen LogP contribution in [0.4, 0.5) is 10.5 Å². The SMILES string of the molecule is CC(C)(O)CN1CCCC(=Cc2ccc(C(=O)Nc3ccccc3OC(N)=O)cc2)CC1. The molecule has 4 N–H and O–H groups in total. The van der Waals surface area contributed by atoms with Gasteiger partial charge in [-0.05, 0) is 69.5 Å². The second kappa shape index (κ2) is 10.4. The molecule has 1 heterocycles. The van der Waals surface area contributed by atoms with Crippen molar-refractivity contribution in [1.82, 2.24) is 4.90 Å². The van der Waals surface area contributed by atoms with Crippen LogP contribution >= 0.6 is 0 Å². The molecule has 7 heteroatoms. The van der Waals surface area contributed by atoms with Crippen molar-refractivity contribution in [2.45, 2.75) is 38.7 Å².